The number of aromatic carboxylic acids is 1. The molecule has 1 fully saturated rings. The van der Waals surface area contributed by atoms with E-state index in [9.17, 15) is 31.9 Å². The van der Waals surface area contributed by atoms with Crippen LogP contribution in [-0.2, 0) is 15.8 Å². The summed E-state index contributed by atoms with van der Waals surface area (Å²) in [4.78, 5) is 37.4. The van der Waals surface area contributed by atoms with Crippen LogP contribution in [0.25, 0.3) is 17.4 Å². The molecule has 2 heterocycles. The Bertz CT molecular complexity index is 1470. The highest BCUT2D eigenvalue weighted by atomic mass is 32.2. The van der Waals surface area contributed by atoms with Gasteiger partial charge in [-0.1, -0.05) is 24.0 Å². The van der Waals surface area contributed by atoms with Gasteiger partial charge in [-0.05, 0) is 54.6 Å². The van der Waals surface area contributed by atoms with Gasteiger partial charge in [0.05, 0.1) is 16.0 Å². The number of nitrogens with zero attached hydrogens (tertiary/aromatic N) is 1. The first-order valence-corrected chi connectivity index (χ1v) is 12.0. The van der Waals surface area contributed by atoms with E-state index in [1.54, 1.807) is 0 Å². The number of anilines is 1. The minimum absolute atomic E-state index is 0.00883. The number of halogens is 4. The standard InChI is InChI=1S/C25H16F4N2O5S2/c26-18-7-3-14(11-17(18)25(27,28)29)19-8-6-16(36-19)12-20-22(33)31(24(37)38-20)10-9-21(32)30-15-4-1-13(2-5-15)23(34)35/h1-8,11-12H,9-10H2,(H,30,32)(H,34,35). The summed E-state index contributed by atoms with van der Waals surface area (Å²) in [5.41, 5.74) is -0.952. The number of benzene rings is 2. The first kappa shape index (κ1) is 27.1. The highest BCUT2D eigenvalue weighted by Crippen LogP contribution is 2.36. The average molecular weight is 565 g/mol. The number of amides is 2. The molecule has 1 aliphatic rings. The van der Waals surface area contributed by atoms with Crippen LogP contribution in [0.1, 0.15) is 28.1 Å². The van der Waals surface area contributed by atoms with E-state index in [2.05, 4.69) is 5.32 Å². The summed E-state index contributed by atoms with van der Waals surface area (Å²) in [5, 5.41) is 11.5. The molecular weight excluding hydrogens is 548 g/mol. The summed E-state index contributed by atoms with van der Waals surface area (Å²) in [6.45, 7) is -0.0136. The Morgan fingerprint density at radius 2 is 1.82 bits per heavy atom. The first-order valence-electron chi connectivity index (χ1n) is 10.8. The number of hydrogen-bond donors (Lipinski definition) is 2. The van der Waals surface area contributed by atoms with E-state index in [0.29, 0.717) is 17.8 Å². The lowest BCUT2D eigenvalue weighted by Crippen LogP contribution is -2.31. The maximum absolute atomic E-state index is 13.6. The zero-order valence-corrected chi connectivity index (χ0v) is 20.7. The van der Waals surface area contributed by atoms with Crippen LogP contribution in [0.3, 0.4) is 0 Å². The number of furan rings is 1. The van der Waals surface area contributed by atoms with Crippen molar-refractivity contribution >= 4 is 57.8 Å². The summed E-state index contributed by atoms with van der Waals surface area (Å²) in [7, 11) is 0. The number of hydrogen-bond acceptors (Lipinski definition) is 6. The number of thioether (sulfide) groups is 1. The van der Waals surface area contributed by atoms with Gasteiger partial charge in [0, 0.05) is 30.3 Å². The summed E-state index contributed by atoms with van der Waals surface area (Å²) < 4.78 is 58.4. The van der Waals surface area contributed by atoms with Crippen LogP contribution in [0.4, 0.5) is 23.2 Å². The molecule has 4 rings (SSSR count). The van der Waals surface area contributed by atoms with Crippen LogP contribution in [0.2, 0.25) is 0 Å². The van der Waals surface area contributed by atoms with Gasteiger partial charge in [0.25, 0.3) is 5.91 Å². The molecule has 0 unspecified atom stereocenters. The lowest BCUT2D eigenvalue weighted by Gasteiger charge is -2.14. The molecular formula is C25H16F4N2O5S2. The molecule has 0 spiro atoms. The van der Waals surface area contributed by atoms with Gasteiger partial charge in [0.15, 0.2) is 0 Å². The number of rotatable bonds is 7. The fourth-order valence-corrected chi connectivity index (χ4v) is 4.72. The Kier molecular flexibility index (Phi) is 7.69. The SMILES string of the molecule is O=C(CCN1C(=O)C(=Cc2ccc(-c3ccc(F)c(C(F)(F)F)c3)o2)SC1=S)Nc1ccc(C(=O)O)cc1. The fraction of sp³-hybridized carbons (Fsp3) is 0.120. The van der Waals surface area contributed by atoms with Crippen molar-refractivity contribution in [3.05, 3.63) is 82.2 Å². The number of carbonyl (C=O) groups excluding carboxylic acids is 2. The van der Waals surface area contributed by atoms with Gasteiger partial charge in [-0.25, -0.2) is 9.18 Å². The highest BCUT2D eigenvalue weighted by Gasteiger charge is 2.35. The van der Waals surface area contributed by atoms with Gasteiger partial charge in [0.1, 0.15) is 21.7 Å². The van der Waals surface area contributed by atoms with Gasteiger partial charge >= 0.3 is 12.1 Å². The molecule has 0 radical (unpaired) electrons. The molecule has 1 aliphatic heterocycles. The van der Waals surface area contributed by atoms with Gasteiger partial charge in [-0.2, -0.15) is 13.2 Å². The molecule has 1 aromatic heterocycles. The van der Waals surface area contributed by atoms with Crippen molar-refractivity contribution < 1.29 is 41.5 Å². The van der Waals surface area contributed by atoms with E-state index in [1.807, 2.05) is 0 Å². The zero-order chi connectivity index (χ0) is 27.6. The van der Waals surface area contributed by atoms with Crippen LogP contribution in [0, 0.1) is 5.82 Å². The Morgan fingerprint density at radius 1 is 1.11 bits per heavy atom. The molecule has 0 bridgehead atoms. The van der Waals surface area contributed by atoms with E-state index >= 15 is 0 Å². The third-order valence-electron chi connectivity index (χ3n) is 5.31. The molecule has 3 aromatic rings. The molecule has 2 amide bonds. The summed E-state index contributed by atoms with van der Waals surface area (Å²) in [6.07, 6.45) is -3.58. The lowest BCUT2D eigenvalue weighted by molar-refractivity contribution is -0.140. The molecule has 13 heteroatoms. The predicted octanol–water partition coefficient (Wildman–Crippen LogP) is 6.03. The smallest absolute Gasteiger partial charge is 0.419 e. The third kappa shape index (κ3) is 6.11. The molecule has 7 nitrogen and oxygen atoms in total. The van der Waals surface area contributed by atoms with Gasteiger partial charge in [0.2, 0.25) is 5.91 Å². The molecule has 2 N–H and O–H groups in total. The van der Waals surface area contributed by atoms with Crippen molar-refractivity contribution in [2.24, 2.45) is 0 Å². The van der Waals surface area contributed by atoms with Crippen molar-refractivity contribution in [3.63, 3.8) is 0 Å². The Morgan fingerprint density at radius 3 is 2.47 bits per heavy atom. The number of nitrogens with one attached hydrogen (secondary N) is 1. The summed E-state index contributed by atoms with van der Waals surface area (Å²) >= 11 is 6.21. The van der Waals surface area contributed by atoms with Crippen LogP contribution >= 0.6 is 24.0 Å². The van der Waals surface area contributed by atoms with E-state index in [-0.39, 0.29) is 44.8 Å². The Labute approximate surface area is 222 Å². The number of alkyl halides is 3. The van der Waals surface area contributed by atoms with Crippen LogP contribution in [-0.4, -0.2) is 38.7 Å². The van der Waals surface area contributed by atoms with E-state index in [1.165, 1.54) is 47.4 Å². The largest absolute Gasteiger partial charge is 0.478 e. The van der Waals surface area contributed by atoms with Crippen LogP contribution in [0.5, 0.6) is 0 Å². The third-order valence-corrected chi connectivity index (χ3v) is 6.69. The fourth-order valence-electron chi connectivity index (χ4n) is 3.44. The number of thiocarbonyl (C=S) groups is 1. The topological polar surface area (TPSA) is 99.9 Å². The second-order valence-electron chi connectivity index (χ2n) is 7.91. The summed E-state index contributed by atoms with van der Waals surface area (Å²) in [5.74, 6) is -3.17. The minimum atomic E-state index is -4.87. The second kappa shape index (κ2) is 10.8. The average Bonchev–Trinajstić information content (AvgIpc) is 3.42. The van der Waals surface area contributed by atoms with Crippen molar-refractivity contribution in [2.75, 3.05) is 11.9 Å². The van der Waals surface area contributed by atoms with Crippen molar-refractivity contribution in [1.29, 1.82) is 0 Å². The van der Waals surface area contributed by atoms with E-state index in [0.717, 1.165) is 17.8 Å². The molecule has 38 heavy (non-hydrogen) atoms. The Hall–Kier alpha value is -3.97. The molecule has 0 saturated carbocycles. The number of carboxylic acid groups (broad SMARTS) is 1. The minimum Gasteiger partial charge on any atom is -0.478 e. The summed E-state index contributed by atoms with van der Waals surface area (Å²) in [6, 6.07) is 10.9. The predicted molar refractivity (Wildman–Crippen MR) is 136 cm³/mol. The van der Waals surface area contributed by atoms with Gasteiger partial charge in [-0.3, -0.25) is 14.5 Å². The maximum atomic E-state index is 13.6. The van der Waals surface area contributed by atoms with Crippen LogP contribution in [0.15, 0.2) is 63.9 Å². The number of carbonyl (C=O) groups is 3. The van der Waals surface area contributed by atoms with Crippen molar-refractivity contribution in [2.45, 2.75) is 12.6 Å². The van der Waals surface area contributed by atoms with E-state index < -0.39 is 35.3 Å². The van der Waals surface area contributed by atoms with Crippen LogP contribution < -0.4 is 5.32 Å². The quantitative estimate of drug-likeness (QED) is 0.205. The second-order valence-corrected chi connectivity index (χ2v) is 9.58. The van der Waals surface area contributed by atoms with Crippen molar-refractivity contribution in [1.82, 2.24) is 4.90 Å². The number of carboxylic acids is 1. The monoisotopic (exact) mass is 564 g/mol. The van der Waals surface area contributed by atoms with Gasteiger partial charge < -0.3 is 14.8 Å². The molecule has 0 aliphatic carbocycles. The van der Waals surface area contributed by atoms with Gasteiger partial charge in [-0.15, -0.1) is 0 Å². The zero-order valence-electron chi connectivity index (χ0n) is 19.0. The maximum Gasteiger partial charge on any atom is 0.419 e. The highest BCUT2D eigenvalue weighted by molar-refractivity contribution is 8.26. The lowest BCUT2D eigenvalue weighted by atomic mass is 10.1. The molecule has 0 atom stereocenters. The molecule has 2 aromatic carbocycles. The first-order chi connectivity index (χ1) is 17.9. The molecule has 1 saturated heterocycles. The normalized spacial score (nSPS) is 14.8. The Balaban J connectivity index is 1.40. The van der Waals surface area contributed by atoms with E-state index in [4.69, 9.17) is 21.7 Å². The molecule has 196 valence electrons. The van der Waals surface area contributed by atoms with Crippen molar-refractivity contribution in [3.8, 4) is 11.3 Å².